The molecular formula is C14H12ClN5O2. The van der Waals surface area contributed by atoms with Crippen LogP contribution in [-0.4, -0.2) is 33.1 Å². The standard InChI is InChI=1S/C14H12ClN5O2/c15-14-19-11-9(3-4-16-11)12(20-14)17-7-8-1-2-10-13(18-8)22-6-5-21-10/h1-4H,5-7H2,(H2,16,17,19,20). The fourth-order valence-corrected chi connectivity index (χ4v) is 2.46. The summed E-state index contributed by atoms with van der Waals surface area (Å²) in [6.07, 6.45) is 1.79. The van der Waals surface area contributed by atoms with Gasteiger partial charge < -0.3 is 19.8 Å². The van der Waals surface area contributed by atoms with Gasteiger partial charge in [0.05, 0.1) is 17.6 Å². The average Bonchev–Trinajstić information content (AvgIpc) is 3.00. The number of hydrogen-bond donors (Lipinski definition) is 2. The number of aromatic nitrogens is 4. The van der Waals surface area contributed by atoms with E-state index in [9.17, 15) is 0 Å². The third-order valence-electron chi connectivity index (χ3n) is 3.29. The molecule has 0 amide bonds. The van der Waals surface area contributed by atoms with Gasteiger partial charge in [0.2, 0.25) is 5.28 Å². The Bertz CT molecular complexity index is 835. The van der Waals surface area contributed by atoms with Crippen LogP contribution in [0.3, 0.4) is 0 Å². The number of H-pyrrole nitrogens is 1. The van der Waals surface area contributed by atoms with E-state index in [1.807, 2.05) is 18.2 Å². The first kappa shape index (κ1) is 13.1. The number of nitrogens with one attached hydrogen (secondary N) is 2. The molecule has 2 N–H and O–H groups in total. The quantitative estimate of drug-likeness (QED) is 0.721. The number of aromatic amines is 1. The molecule has 7 nitrogen and oxygen atoms in total. The van der Waals surface area contributed by atoms with Crippen LogP contribution in [0.2, 0.25) is 5.28 Å². The van der Waals surface area contributed by atoms with Crippen LogP contribution in [0, 0.1) is 0 Å². The van der Waals surface area contributed by atoms with Crippen molar-refractivity contribution in [3.05, 3.63) is 35.4 Å². The topological polar surface area (TPSA) is 85.0 Å². The molecule has 4 heterocycles. The third kappa shape index (κ3) is 2.39. The van der Waals surface area contributed by atoms with E-state index < -0.39 is 0 Å². The summed E-state index contributed by atoms with van der Waals surface area (Å²) in [5.74, 6) is 1.86. The van der Waals surface area contributed by atoms with Gasteiger partial charge in [-0.2, -0.15) is 4.98 Å². The highest BCUT2D eigenvalue weighted by Crippen LogP contribution is 2.28. The molecule has 3 aromatic heterocycles. The molecule has 0 atom stereocenters. The van der Waals surface area contributed by atoms with Crippen molar-refractivity contribution in [1.82, 2.24) is 19.9 Å². The summed E-state index contributed by atoms with van der Waals surface area (Å²) in [5, 5.41) is 4.29. The highest BCUT2D eigenvalue weighted by molar-refractivity contribution is 6.28. The van der Waals surface area contributed by atoms with Gasteiger partial charge in [0.25, 0.3) is 5.88 Å². The number of nitrogens with zero attached hydrogens (tertiary/aromatic N) is 3. The van der Waals surface area contributed by atoms with Gasteiger partial charge in [-0.05, 0) is 29.8 Å². The monoisotopic (exact) mass is 317 g/mol. The molecule has 112 valence electrons. The number of fused-ring (bicyclic) bond motifs is 2. The number of hydrogen-bond acceptors (Lipinski definition) is 6. The van der Waals surface area contributed by atoms with Crippen LogP contribution < -0.4 is 14.8 Å². The molecule has 0 bridgehead atoms. The van der Waals surface area contributed by atoms with Gasteiger partial charge in [-0.25, -0.2) is 9.97 Å². The summed E-state index contributed by atoms with van der Waals surface area (Å²) < 4.78 is 10.9. The van der Waals surface area contributed by atoms with Gasteiger partial charge in [0.15, 0.2) is 5.75 Å². The van der Waals surface area contributed by atoms with Crippen molar-refractivity contribution in [2.75, 3.05) is 18.5 Å². The summed E-state index contributed by atoms with van der Waals surface area (Å²) >= 11 is 5.92. The van der Waals surface area contributed by atoms with Crippen LogP contribution in [0.5, 0.6) is 11.6 Å². The molecule has 8 heteroatoms. The smallest absolute Gasteiger partial charge is 0.257 e. The Morgan fingerprint density at radius 3 is 3.00 bits per heavy atom. The summed E-state index contributed by atoms with van der Waals surface area (Å²) in [6.45, 7) is 1.56. The number of halogens is 1. The maximum atomic E-state index is 5.92. The number of ether oxygens (including phenoxy) is 2. The highest BCUT2D eigenvalue weighted by Gasteiger charge is 2.14. The molecule has 0 spiro atoms. The van der Waals surface area contributed by atoms with E-state index in [0.29, 0.717) is 42.9 Å². The predicted molar refractivity (Wildman–Crippen MR) is 81.5 cm³/mol. The lowest BCUT2D eigenvalue weighted by Gasteiger charge is -2.17. The molecule has 0 fully saturated rings. The van der Waals surface area contributed by atoms with Crippen molar-refractivity contribution in [2.45, 2.75) is 6.54 Å². The minimum Gasteiger partial charge on any atom is -0.484 e. The Morgan fingerprint density at radius 1 is 1.14 bits per heavy atom. The molecular weight excluding hydrogens is 306 g/mol. The van der Waals surface area contributed by atoms with E-state index in [-0.39, 0.29) is 5.28 Å². The predicted octanol–water partition coefficient (Wildman–Crippen LogP) is 2.39. The summed E-state index contributed by atoms with van der Waals surface area (Å²) in [7, 11) is 0. The second-order valence-corrected chi connectivity index (χ2v) is 5.08. The van der Waals surface area contributed by atoms with Crippen LogP contribution in [-0.2, 0) is 6.54 Å². The SMILES string of the molecule is Clc1nc(NCc2ccc3c(n2)OCCO3)c2cc[nH]c2n1. The molecule has 1 aliphatic rings. The highest BCUT2D eigenvalue weighted by atomic mass is 35.5. The number of pyridine rings is 1. The van der Waals surface area contributed by atoms with Crippen molar-refractivity contribution in [2.24, 2.45) is 0 Å². The maximum absolute atomic E-state index is 5.92. The molecule has 0 unspecified atom stereocenters. The van der Waals surface area contributed by atoms with E-state index >= 15 is 0 Å². The van der Waals surface area contributed by atoms with Crippen LogP contribution in [0.25, 0.3) is 11.0 Å². The molecule has 1 aliphatic heterocycles. The maximum Gasteiger partial charge on any atom is 0.257 e. The third-order valence-corrected chi connectivity index (χ3v) is 3.46. The van der Waals surface area contributed by atoms with E-state index in [2.05, 4.69) is 25.3 Å². The minimum atomic E-state index is 0.188. The molecule has 0 aromatic carbocycles. The van der Waals surface area contributed by atoms with E-state index in [0.717, 1.165) is 11.1 Å². The largest absolute Gasteiger partial charge is 0.484 e. The number of rotatable bonds is 3. The normalized spacial score (nSPS) is 13.3. The Balaban J connectivity index is 1.58. The zero-order valence-electron chi connectivity index (χ0n) is 11.5. The first-order valence-electron chi connectivity index (χ1n) is 6.79. The Hall–Kier alpha value is -2.54. The lowest BCUT2D eigenvalue weighted by Crippen LogP contribution is -2.17. The Kier molecular flexibility index (Phi) is 3.19. The van der Waals surface area contributed by atoms with Gasteiger partial charge in [-0.3, -0.25) is 0 Å². The van der Waals surface area contributed by atoms with Crippen molar-refractivity contribution < 1.29 is 9.47 Å². The van der Waals surface area contributed by atoms with Crippen molar-refractivity contribution in [3.8, 4) is 11.6 Å². The summed E-state index contributed by atoms with van der Waals surface area (Å²) in [6, 6.07) is 5.64. The summed E-state index contributed by atoms with van der Waals surface area (Å²) in [5.41, 5.74) is 1.51. The lowest BCUT2D eigenvalue weighted by atomic mass is 10.3. The van der Waals surface area contributed by atoms with E-state index in [4.69, 9.17) is 21.1 Å². The van der Waals surface area contributed by atoms with Gasteiger partial charge in [-0.15, -0.1) is 0 Å². The lowest BCUT2D eigenvalue weighted by molar-refractivity contribution is 0.164. The van der Waals surface area contributed by atoms with Crippen LogP contribution in [0.1, 0.15) is 5.69 Å². The Morgan fingerprint density at radius 2 is 2.05 bits per heavy atom. The van der Waals surface area contributed by atoms with Gasteiger partial charge in [0.1, 0.15) is 24.7 Å². The second kappa shape index (κ2) is 5.34. The molecule has 0 radical (unpaired) electrons. The van der Waals surface area contributed by atoms with Crippen LogP contribution in [0.4, 0.5) is 5.82 Å². The van der Waals surface area contributed by atoms with E-state index in [1.54, 1.807) is 6.20 Å². The fourth-order valence-electron chi connectivity index (χ4n) is 2.29. The van der Waals surface area contributed by atoms with Crippen LogP contribution in [0.15, 0.2) is 24.4 Å². The molecule has 0 aliphatic carbocycles. The molecule has 0 saturated carbocycles. The fraction of sp³-hybridized carbons (Fsp3) is 0.214. The van der Waals surface area contributed by atoms with E-state index in [1.165, 1.54) is 0 Å². The van der Waals surface area contributed by atoms with Crippen molar-refractivity contribution in [1.29, 1.82) is 0 Å². The van der Waals surface area contributed by atoms with Gasteiger partial charge >= 0.3 is 0 Å². The molecule has 3 aromatic rings. The van der Waals surface area contributed by atoms with Crippen LogP contribution >= 0.6 is 11.6 Å². The zero-order chi connectivity index (χ0) is 14.9. The van der Waals surface area contributed by atoms with Crippen molar-refractivity contribution in [3.63, 3.8) is 0 Å². The Labute approximate surface area is 130 Å². The zero-order valence-corrected chi connectivity index (χ0v) is 12.2. The first-order valence-corrected chi connectivity index (χ1v) is 7.17. The second-order valence-electron chi connectivity index (χ2n) is 4.74. The first-order chi connectivity index (χ1) is 10.8. The van der Waals surface area contributed by atoms with Crippen molar-refractivity contribution >= 4 is 28.5 Å². The van der Waals surface area contributed by atoms with Gasteiger partial charge in [0, 0.05) is 6.20 Å². The molecule has 4 rings (SSSR count). The number of anilines is 1. The molecule has 0 saturated heterocycles. The average molecular weight is 318 g/mol. The van der Waals surface area contributed by atoms with Gasteiger partial charge in [-0.1, -0.05) is 0 Å². The summed E-state index contributed by atoms with van der Waals surface area (Å²) in [4.78, 5) is 15.8. The molecule has 22 heavy (non-hydrogen) atoms. The minimum absolute atomic E-state index is 0.188.